The Morgan fingerprint density at radius 3 is 2.83 bits per heavy atom. The number of thioether (sulfide) groups is 2. The zero-order valence-electron chi connectivity index (χ0n) is 20.7. The van der Waals surface area contributed by atoms with Gasteiger partial charge in [0.25, 0.3) is 11.8 Å². The highest BCUT2D eigenvalue weighted by Gasteiger charge is 2.54. The second kappa shape index (κ2) is 15.2. The molecule has 4 heterocycles. The van der Waals surface area contributed by atoms with Gasteiger partial charge in [-0.05, 0) is 29.0 Å². The summed E-state index contributed by atoms with van der Waals surface area (Å²) < 4.78 is 1.53. The van der Waals surface area contributed by atoms with Crippen LogP contribution in [-0.2, 0) is 25.8 Å². The number of nitrogens with two attached hydrogens (primary N) is 2. The van der Waals surface area contributed by atoms with E-state index in [-0.39, 0.29) is 59.4 Å². The molecule has 0 saturated carbocycles. The Balaban J connectivity index is 0.00000280. The molecule has 0 spiro atoms. The van der Waals surface area contributed by atoms with E-state index in [1.165, 1.54) is 33.1 Å². The van der Waals surface area contributed by atoms with Crippen molar-refractivity contribution in [2.45, 2.75) is 29.5 Å². The number of anilines is 1. The van der Waals surface area contributed by atoms with Crippen molar-refractivity contribution in [2.24, 2.45) is 10.9 Å². The number of carbonyl (C=O) groups is 3. The molecular formula is C20H26Cl2N10O5S3. The van der Waals surface area contributed by atoms with Crippen molar-refractivity contribution in [1.29, 1.82) is 0 Å². The lowest BCUT2D eigenvalue weighted by atomic mass is 10.0. The summed E-state index contributed by atoms with van der Waals surface area (Å²) in [5.41, 5.74) is 11.6. The molecule has 1 unspecified atom stereocenters. The molecule has 40 heavy (non-hydrogen) atoms. The summed E-state index contributed by atoms with van der Waals surface area (Å²) in [6.45, 7) is 4.64. The largest absolute Gasteiger partial charge is 0.477 e. The summed E-state index contributed by atoms with van der Waals surface area (Å²) in [6, 6.07) is -0.957. The van der Waals surface area contributed by atoms with Gasteiger partial charge >= 0.3 is 5.97 Å². The van der Waals surface area contributed by atoms with Crippen LogP contribution in [-0.4, -0.2) is 94.8 Å². The van der Waals surface area contributed by atoms with Crippen LogP contribution in [0.4, 0.5) is 5.13 Å². The first-order valence-corrected chi connectivity index (χ1v) is 14.1. The second-order valence-electron chi connectivity index (χ2n) is 7.83. The van der Waals surface area contributed by atoms with E-state index in [1.54, 1.807) is 11.5 Å². The number of tetrazole rings is 1. The smallest absolute Gasteiger partial charge is 0.352 e. The van der Waals surface area contributed by atoms with Crippen LogP contribution in [0.3, 0.4) is 0 Å². The van der Waals surface area contributed by atoms with E-state index in [0.717, 1.165) is 11.3 Å². The van der Waals surface area contributed by atoms with Gasteiger partial charge in [-0.2, -0.15) is 0 Å². The van der Waals surface area contributed by atoms with Gasteiger partial charge in [0.15, 0.2) is 10.8 Å². The van der Waals surface area contributed by atoms with Crippen LogP contribution in [0.5, 0.6) is 0 Å². The van der Waals surface area contributed by atoms with Crippen molar-refractivity contribution in [2.75, 3.05) is 30.4 Å². The number of aromatic nitrogens is 5. The minimum absolute atomic E-state index is 0. The molecule has 2 aromatic rings. The number of hydrogen-bond donors (Lipinski definition) is 4. The van der Waals surface area contributed by atoms with Crippen LogP contribution in [0, 0.1) is 0 Å². The van der Waals surface area contributed by atoms with Crippen LogP contribution in [0.1, 0.15) is 12.1 Å². The minimum atomic E-state index is -1.23. The maximum atomic E-state index is 13.1. The number of β-lactam (4-membered cyclic amide) rings is 1. The second-order valence-corrected chi connectivity index (χ2v) is 10.8. The van der Waals surface area contributed by atoms with Crippen molar-refractivity contribution in [3.05, 3.63) is 35.0 Å². The molecule has 6 N–H and O–H groups in total. The van der Waals surface area contributed by atoms with Gasteiger partial charge in [-0.3, -0.25) is 14.5 Å². The summed E-state index contributed by atoms with van der Waals surface area (Å²) in [4.78, 5) is 48.7. The molecule has 218 valence electrons. The number of nitrogens with zero attached hydrogens (tertiary/aromatic N) is 7. The summed E-state index contributed by atoms with van der Waals surface area (Å²) in [5, 5.41) is 29.6. The molecule has 4 rings (SSSR count). The maximum Gasteiger partial charge on any atom is 0.352 e. The molecule has 0 aliphatic carbocycles. The number of allylic oxidation sites excluding steroid dienone is 1. The molecule has 0 bridgehead atoms. The number of nitrogens with one attached hydrogen (secondary N) is 1. The van der Waals surface area contributed by atoms with Crippen molar-refractivity contribution < 1.29 is 24.3 Å². The quantitative estimate of drug-likeness (QED) is 0.0574. The number of oxime groups is 1. The lowest BCUT2D eigenvalue weighted by Gasteiger charge is -2.49. The van der Waals surface area contributed by atoms with Crippen molar-refractivity contribution >= 4 is 88.3 Å². The standard InChI is InChI=1S/C20H24N10O5S3.2ClH/c1-2-5-29-20(25-27-28-29)38-8-10-7-36-17-13(16(32)30(17)14(10)18(33)34)24-15(31)12(26-35-6-3-4-21)11-9-37-19(22)23-11;;/h2,9,13,17H,1,3-8,21H2,(H2,22,23)(H,24,31)(H,33,34);2*1H/t13?,17-;;/m1../s1. The highest BCUT2D eigenvalue weighted by molar-refractivity contribution is 8.01. The van der Waals surface area contributed by atoms with E-state index >= 15 is 0 Å². The highest BCUT2D eigenvalue weighted by Crippen LogP contribution is 2.41. The molecule has 1 fully saturated rings. The van der Waals surface area contributed by atoms with Gasteiger partial charge in [0.2, 0.25) is 5.16 Å². The predicted octanol–water partition coefficient (Wildman–Crippen LogP) is 0.342. The first kappa shape index (κ1) is 33.3. The number of rotatable bonds is 13. The number of aliphatic carboxylic acids is 1. The Bertz CT molecular complexity index is 1300. The number of halogens is 2. The lowest BCUT2D eigenvalue weighted by Crippen LogP contribution is -2.71. The third-order valence-corrected chi connectivity index (χ3v) is 8.35. The number of fused-ring (bicyclic) bond motifs is 1. The minimum Gasteiger partial charge on any atom is -0.477 e. The maximum absolute atomic E-state index is 13.1. The number of carboxylic acid groups (broad SMARTS) is 1. The van der Waals surface area contributed by atoms with E-state index in [2.05, 4.69) is 37.6 Å². The number of nitrogen functional groups attached to an aromatic ring is 1. The monoisotopic (exact) mass is 652 g/mol. The molecule has 2 atom stereocenters. The molecule has 0 radical (unpaired) electrons. The zero-order valence-corrected chi connectivity index (χ0v) is 24.7. The van der Waals surface area contributed by atoms with Gasteiger partial charge in [0, 0.05) is 16.9 Å². The van der Waals surface area contributed by atoms with E-state index in [9.17, 15) is 19.5 Å². The third kappa shape index (κ3) is 7.24. The molecule has 15 nitrogen and oxygen atoms in total. The number of thiazole rings is 1. The summed E-state index contributed by atoms with van der Waals surface area (Å²) in [7, 11) is 0. The number of carboxylic acids is 1. The molecule has 1 saturated heterocycles. The summed E-state index contributed by atoms with van der Waals surface area (Å²) in [6.07, 6.45) is 2.17. The van der Waals surface area contributed by atoms with Crippen molar-refractivity contribution in [3.8, 4) is 0 Å². The third-order valence-electron chi connectivity index (χ3n) is 5.29. The Hall–Kier alpha value is -2.90. The first-order chi connectivity index (χ1) is 18.3. The van der Waals surface area contributed by atoms with E-state index in [1.807, 2.05) is 0 Å². The fourth-order valence-corrected chi connectivity index (χ4v) is 6.47. The molecular weight excluding hydrogens is 627 g/mol. The number of hydrogen-bond acceptors (Lipinski definition) is 14. The van der Waals surface area contributed by atoms with Gasteiger partial charge in [-0.25, -0.2) is 14.5 Å². The van der Waals surface area contributed by atoms with E-state index in [0.29, 0.717) is 36.0 Å². The van der Waals surface area contributed by atoms with E-state index in [4.69, 9.17) is 16.3 Å². The normalized spacial score (nSPS) is 18.2. The van der Waals surface area contributed by atoms with Gasteiger partial charge in [0.05, 0.1) is 6.54 Å². The van der Waals surface area contributed by atoms with Gasteiger partial charge in [0.1, 0.15) is 29.4 Å². The fraction of sp³-hybridized carbons (Fsp3) is 0.400. The predicted molar refractivity (Wildman–Crippen MR) is 156 cm³/mol. The van der Waals surface area contributed by atoms with Crippen molar-refractivity contribution in [3.63, 3.8) is 0 Å². The van der Waals surface area contributed by atoms with Gasteiger partial charge in [-0.1, -0.05) is 23.0 Å². The van der Waals surface area contributed by atoms with Crippen LogP contribution < -0.4 is 16.8 Å². The molecule has 20 heteroatoms. The SMILES string of the molecule is C=CCn1nnnc1SCC1=C(C(=O)O)N2C(=O)C(NC(=O)C(=NOCCCN)c3csc(N)n3)[C@H]2SC1.Cl.Cl. The zero-order chi connectivity index (χ0) is 27.2. The summed E-state index contributed by atoms with van der Waals surface area (Å²) >= 11 is 3.73. The highest BCUT2D eigenvalue weighted by atomic mass is 35.5. The average Bonchev–Trinajstić information content (AvgIpc) is 3.53. The molecule has 2 aliphatic rings. The lowest BCUT2D eigenvalue weighted by molar-refractivity contribution is -0.150. The van der Waals surface area contributed by atoms with Crippen LogP contribution in [0.25, 0.3) is 0 Å². The molecule has 0 aromatic carbocycles. The number of carbonyl (C=O) groups excluding carboxylic acids is 2. The Morgan fingerprint density at radius 1 is 1.40 bits per heavy atom. The number of amides is 2. The molecule has 2 aliphatic heterocycles. The van der Waals surface area contributed by atoms with E-state index < -0.39 is 29.2 Å². The average molecular weight is 654 g/mol. The topological polar surface area (TPSA) is 217 Å². The fourth-order valence-electron chi connectivity index (χ4n) is 3.55. The van der Waals surface area contributed by atoms with Gasteiger partial charge < -0.3 is 26.7 Å². The first-order valence-electron chi connectivity index (χ1n) is 11.2. The molecule has 2 amide bonds. The summed E-state index contributed by atoms with van der Waals surface area (Å²) in [5.74, 6) is -1.87. The Kier molecular flexibility index (Phi) is 12.7. The Morgan fingerprint density at radius 2 is 2.17 bits per heavy atom. The van der Waals surface area contributed by atoms with Crippen LogP contribution >= 0.6 is 59.7 Å². The van der Waals surface area contributed by atoms with Gasteiger partial charge in [-0.15, -0.1) is 59.6 Å². The van der Waals surface area contributed by atoms with Crippen molar-refractivity contribution in [1.82, 2.24) is 35.4 Å². The molecule has 2 aromatic heterocycles. The Labute approximate surface area is 253 Å². The van der Waals surface area contributed by atoms with Crippen LogP contribution in [0.15, 0.2) is 39.6 Å². The van der Waals surface area contributed by atoms with Crippen LogP contribution in [0.2, 0.25) is 0 Å².